The van der Waals surface area contributed by atoms with E-state index >= 15 is 0 Å². The lowest BCUT2D eigenvalue weighted by molar-refractivity contribution is 0.0943. The van der Waals surface area contributed by atoms with Gasteiger partial charge < -0.3 is 5.32 Å². The van der Waals surface area contributed by atoms with E-state index in [2.05, 4.69) is 5.32 Å². The maximum Gasteiger partial charge on any atom is 0.251 e. The van der Waals surface area contributed by atoms with Gasteiger partial charge in [-0.05, 0) is 44.5 Å². The average Bonchev–Trinajstić information content (AvgIpc) is 2.79. The number of hydrogen-bond donors (Lipinski definition) is 1. The molecule has 1 atom stereocenters. The highest BCUT2D eigenvalue weighted by atomic mass is 32.2. The van der Waals surface area contributed by atoms with Gasteiger partial charge in [0.15, 0.2) is 19.7 Å². The van der Waals surface area contributed by atoms with Crippen LogP contribution in [0.2, 0.25) is 0 Å². The third kappa shape index (κ3) is 3.67. The van der Waals surface area contributed by atoms with Crippen LogP contribution in [0.1, 0.15) is 30.6 Å². The van der Waals surface area contributed by atoms with Gasteiger partial charge in [0.1, 0.15) is 0 Å². The lowest BCUT2D eigenvalue weighted by Crippen LogP contribution is -2.30. The summed E-state index contributed by atoms with van der Waals surface area (Å²) in [7, 11) is -6.95. The first kappa shape index (κ1) is 17.0. The second-order valence-electron chi connectivity index (χ2n) is 5.72. The van der Waals surface area contributed by atoms with Crippen molar-refractivity contribution in [2.75, 3.05) is 11.5 Å². The van der Waals surface area contributed by atoms with Crippen molar-refractivity contribution in [3.63, 3.8) is 0 Å². The minimum absolute atomic E-state index is 0.0143. The van der Waals surface area contributed by atoms with E-state index in [4.69, 9.17) is 0 Å². The summed E-state index contributed by atoms with van der Waals surface area (Å²) in [5.74, 6) is -0.696. The zero-order chi connectivity index (χ0) is 16.5. The molecule has 1 amide bonds. The molecule has 1 fully saturated rings. The van der Waals surface area contributed by atoms with Crippen LogP contribution < -0.4 is 5.32 Å². The number of amides is 1. The van der Waals surface area contributed by atoms with Crippen LogP contribution in [0.5, 0.6) is 0 Å². The molecular formula is C14H19NO5S2. The predicted octanol–water partition coefficient (Wildman–Crippen LogP) is 0.786. The molecule has 1 saturated heterocycles. The zero-order valence-electron chi connectivity index (χ0n) is 12.4. The molecule has 1 N–H and O–H groups in total. The van der Waals surface area contributed by atoms with Crippen molar-refractivity contribution in [1.82, 2.24) is 5.32 Å². The molecule has 0 aromatic heterocycles. The Kier molecular flexibility index (Phi) is 4.62. The zero-order valence-corrected chi connectivity index (χ0v) is 14.1. The Morgan fingerprint density at radius 1 is 1.23 bits per heavy atom. The summed E-state index contributed by atoms with van der Waals surface area (Å²) in [4.78, 5) is 11.9. The van der Waals surface area contributed by atoms with Crippen molar-refractivity contribution in [2.45, 2.75) is 36.5 Å². The molecule has 0 radical (unpaired) electrons. The van der Waals surface area contributed by atoms with E-state index in [0.717, 1.165) is 0 Å². The fraction of sp³-hybridized carbons (Fsp3) is 0.500. The minimum Gasteiger partial charge on any atom is -0.350 e. The third-order valence-electron chi connectivity index (χ3n) is 3.49. The molecule has 2 rings (SSSR count). The fourth-order valence-corrected chi connectivity index (χ4v) is 6.70. The lowest BCUT2D eigenvalue weighted by Gasteiger charge is -2.11. The number of hydrogen-bond acceptors (Lipinski definition) is 5. The maximum atomic E-state index is 12.4. The van der Waals surface area contributed by atoms with Gasteiger partial charge in [0.2, 0.25) is 0 Å². The SMILES string of the molecule is CC(C)NC(=O)c1ccc(S(=O)(=O)C2CCS(=O)(=O)C2)cc1. The summed E-state index contributed by atoms with van der Waals surface area (Å²) in [5.41, 5.74) is 0.367. The Morgan fingerprint density at radius 2 is 1.82 bits per heavy atom. The molecule has 1 aromatic rings. The maximum absolute atomic E-state index is 12.4. The van der Waals surface area contributed by atoms with Crippen LogP contribution in [-0.4, -0.2) is 45.5 Å². The smallest absolute Gasteiger partial charge is 0.251 e. The van der Waals surface area contributed by atoms with E-state index in [1.165, 1.54) is 24.3 Å². The van der Waals surface area contributed by atoms with Crippen LogP contribution in [-0.2, 0) is 19.7 Å². The Hall–Kier alpha value is -1.41. The number of carbonyl (C=O) groups excluding carboxylic acids is 1. The molecule has 0 spiro atoms. The first-order valence-corrected chi connectivity index (χ1v) is 10.3. The van der Waals surface area contributed by atoms with Gasteiger partial charge in [0, 0.05) is 11.6 Å². The van der Waals surface area contributed by atoms with E-state index in [1.807, 2.05) is 13.8 Å². The van der Waals surface area contributed by atoms with E-state index in [-0.39, 0.29) is 34.8 Å². The summed E-state index contributed by atoms with van der Waals surface area (Å²) >= 11 is 0. The van der Waals surface area contributed by atoms with Gasteiger partial charge in [0.25, 0.3) is 5.91 Å². The Morgan fingerprint density at radius 3 is 2.27 bits per heavy atom. The third-order valence-corrected chi connectivity index (χ3v) is 7.68. The first-order valence-electron chi connectivity index (χ1n) is 6.97. The van der Waals surface area contributed by atoms with E-state index in [0.29, 0.717) is 5.56 Å². The van der Waals surface area contributed by atoms with Crippen molar-refractivity contribution in [2.24, 2.45) is 0 Å². The summed E-state index contributed by atoms with van der Waals surface area (Å²) in [5, 5.41) is 1.82. The van der Waals surface area contributed by atoms with Crippen LogP contribution in [0.4, 0.5) is 0 Å². The van der Waals surface area contributed by atoms with Crippen LogP contribution in [0.3, 0.4) is 0 Å². The molecule has 0 saturated carbocycles. The molecule has 1 aromatic carbocycles. The quantitative estimate of drug-likeness (QED) is 0.870. The molecule has 6 nitrogen and oxygen atoms in total. The summed E-state index contributed by atoms with van der Waals surface area (Å²) in [6, 6.07) is 5.58. The molecule has 8 heteroatoms. The summed E-state index contributed by atoms with van der Waals surface area (Å²) in [6.07, 6.45) is 0.125. The Bertz CT molecular complexity index is 764. The largest absolute Gasteiger partial charge is 0.350 e. The van der Waals surface area contributed by atoms with Crippen LogP contribution in [0, 0.1) is 0 Å². The van der Waals surface area contributed by atoms with Gasteiger partial charge in [-0.2, -0.15) is 0 Å². The van der Waals surface area contributed by atoms with Crippen LogP contribution >= 0.6 is 0 Å². The molecule has 22 heavy (non-hydrogen) atoms. The lowest BCUT2D eigenvalue weighted by atomic mass is 10.2. The number of benzene rings is 1. The second kappa shape index (κ2) is 6.00. The highest BCUT2D eigenvalue weighted by Gasteiger charge is 2.37. The van der Waals surface area contributed by atoms with Gasteiger partial charge in [-0.15, -0.1) is 0 Å². The molecule has 1 aliphatic heterocycles. The standard InChI is InChI=1S/C14H19NO5S2/c1-10(2)15-14(16)11-3-5-12(6-4-11)22(19,20)13-7-8-21(17,18)9-13/h3-6,10,13H,7-9H2,1-2H3,(H,15,16). The van der Waals surface area contributed by atoms with Crippen LogP contribution in [0.25, 0.3) is 0 Å². The van der Waals surface area contributed by atoms with E-state index in [1.54, 1.807) is 0 Å². The fourth-order valence-electron chi connectivity index (χ4n) is 2.34. The molecule has 0 bridgehead atoms. The highest BCUT2D eigenvalue weighted by Crippen LogP contribution is 2.25. The highest BCUT2D eigenvalue weighted by molar-refractivity contribution is 7.96. The van der Waals surface area contributed by atoms with Crippen molar-refractivity contribution in [3.05, 3.63) is 29.8 Å². The topological polar surface area (TPSA) is 97.4 Å². The number of carbonyl (C=O) groups is 1. The molecule has 1 unspecified atom stereocenters. The van der Waals surface area contributed by atoms with Gasteiger partial charge in [-0.3, -0.25) is 4.79 Å². The summed E-state index contributed by atoms with van der Waals surface area (Å²) in [6.45, 7) is 3.66. The van der Waals surface area contributed by atoms with E-state index in [9.17, 15) is 21.6 Å². The molecule has 122 valence electrons. The number of rotatable bonds is 4. The van der Waals surface area contributed by atoms with Crippen molar-refractivity contribution >= 4 is 25.6 Å². The summed E-state index contributed by atoms with van der Waals surface area (Å²) < 4.78 is 47.7. The first-order chi connectivity index (χ1) is 10.1. The van der Waals surface area contributed by atoms with Crippen LogP contribution in [0.15, 0.2) is 29.2 Å². The number of nitrogens with one attached hydrogen (secondary N) is 1. The minimum atomic E-state index is -3.69. The van der Waals surface area contributed by atoms with Gasteiger partial charge in [-0.1, -0.05) is 0 Å². The van der Waals surface area contributed by atoms with Crippen molar-refractivity contribution in [1.29, 1.82) is 0 Å². The predicted molar refractivity (Wildman–Crippen MR) is 83.3 cm³/mol. The molecule has 0 aliphatic carbocycles. The Labute approximate surface area is 130 Å². The normalized spacial score (nSPS) is 21.0. The van der Waals surface area contributed by atoms with Gasteiger partial charge >= 0.3 is 0 Å². The monoisotopic (exact) mass is 345 g/mol. The second-order valence-corrected chi connectivity index (χ2v) is 10.2. The number of sulfone groups is 2. The van der Waals surface area contributed by atoms with Gasteiger partial charge in [0.05, 0.1) is 21.7 Å². The van der Waals surface area contributed by atoms with Crippen molar-refractivity contribution in [3.8, 4) is 0 Å². The van der Waals surface area contributed by atoms with Gasteiger partial charge in [-0.25, -0.2) is 16.8 Å². The molecule has 1 heterocycles. The molecular weight excluding hydrogens is 326 g/mol. The van der Waals surface area contributed by atoms with Crippen molar-refractivity contribution < 1.29 is 21.6 Å². The Balaban J connectivity index is 2.21. The van der Waals surface area contributed by atoms with E-state index < -0.39 is 24.9 Å². The molecule has 1 aliphatic rings. The average molecular weight is 345 g/mol.